The number of aromatic nitrogens is 2. The van der Waals surface area contributed by atoms with E-state index in [2.05, 4.69) is 41.3 Å². The molecule has 0 radical (unpaired) electrons. The third kappa shape index (κ3) is 6.35. The number of thioether (sulfide) groups is 1. The van der Waals surface area contributed by atoms with Crippen LogP contribution >= 0.6 is 11.8 Å². The van der Waals surface area contributed by atoms with Crippen LogP contribution in [0, 0.1) is 0 Å². The second-order valence-corrected chi connectivity index (χ2v) is 8.83. The maximum Gasteiger partial charge on any atom is 0.271 e. The van der Waals surface area contributed by atoms with E-state index >= 15 is 0 Å². The summed E-state index contributed by atoms with van der Waals surface area (Å²) in [6.45, 7) is 7.13. The van der Waals surface area contributed by atoms with Crippen LogP contribution in [0.25, 0.3) is 11.0 Å². The summed E-state index contributed by atoms with van der Waals surface area (Å²) < 4.78 is 5.70. The summed E-state index contributed by atoms with van der Waals surface area (Å²) in [5, 5.41) is 5.35. The second-order valence-electron chi connectivity index (χ2n) is 7.26. The molecule has 0 saturated carbocycles. The van der Waals surface area contributed by atoms with Gasteiger partial charge in [-0.1, -0.05) is 45.4 Å². The van der Waals surface area contributed by atoms with E-state index in [0.29, 0.717) is 10.8 Å². The molecular formula is C23H28N4O2S. The minimum atomic E-state index is -0.267. The standard InChI is InChI=1S/C23H28N4O2S/c1-4-5-6-13-29-19-10-7-17(8-11-19)15-24-27-22(28)18-9-12-20-21(14-18)26-23(25-20)30-16(2)3/h7-12,14-16H,4-6,13H2,1-3H3,(H,25,26)(H,27,28)/b24-15-. The van der Waals surface area contributed by atoms with Crippen molar-refractivity contribution in [1.82, 2.24) is 15.4 Å². The van der Waals surface area contributed by atoms with Crippen molar-refractivity contribution in [2.45, 2.75) is 50.4 Å². The first-order valence-electron chi connectivity index (χ1n) is 10.3. The van der Waals surface area contributed by atoms with Crippen LogP contribution in [-0.4, -0.2) is 33.9 Å². The molecule has 0 aliphatic carbocycles. The number of nitrogens with zero attached hydrogens (tertiary/aromatic N) is 2. The molecule has 0 unspecified atom stereocenters. The fraction of sp³-hybridized carbons (Fsp3) is 0.348. The van der Waals surface area contributed by atoms with Gasteiger partial charge in [0.05, 0.1) is 23.9 Å². The van der Waals surface area contributed by atoms with Crippen LogP contribution in [0.15, 0.2) is 52.7 Å². The number of carbonyl (C=O) groups excluding carboxylic acids is 1. The number of imidazole rings is 1. The molecule has 1 amide bonds. The maximum atomic E-state index is 12.4. The van der Waals surface area contributed by atoms with Crippen LogP contribution in [0.3, 0.4) is 0 Å². The zero-order valence-corrected chi connectivity index (χ0v) is 18.5. The lowest BCUT2D eigenvalue weighted by atomic mass is 10.2. The lowest BCUT2D eigenvalue weighted by Crippen LogP contribution is -2.17. The highest BCUT2D eigenvalue weighted by atomic mass is 32.2. The lowest BCUT2D eigenvalue weighted by Gasteiger charge is -2.05. The Kier molecular flexibility index (Phi) is 7.90. The van der Waals surface area contributed by atoms with Crippen LogP contribution in [0.4, 0.5) is 0 Å². The first-order valence-corrected chi connectivity index (χ1v) is 11.2. The molecule has 2 aromatic carbocycles. The Morgan fingerprint density at radius 1 is 1.23 bits per heavy atom. The van der Waals surface area contributed by atoms with Crippen molar-refractivity contribution < 1.29 is 9.53 Å². The zero-order valence-electron chi connectivity index (χ0n) is 17.6. The summed E-state index contributed by atoms with van der Waals surface area (Å²) in [7, 11) is 0. The van der Waals surface area contributed by atoms with Crippen LogP contribution < -0.4 is 10.2 Å². The van der Waals surface area contributed by atoms with Gasteiger partial charge in [0.25, 0.3) is 5.91 Å². The van der Waals surface area contributed by atoms with Crippen molar-refractivity contribution in [2.75, 3.05) is 6.61 Å². The van der Waals surface area contributed by atoms with Gasteiger partial charge in [-0.25, -0.2) is 10.4 Å². The first-order chi connectivity index (χ1) is 14.5. The summed E-state index contributed by atoms with van der Waals surface area (Å²) in [6, 6.07) is 13.0. The van der Waals surface area contributed by atoms with E-state index in [9.17, 15) is 4.79 Å². The number of unbranched alkanes of at least 4 members (excludes halogenated alkanes) is 2. The zero-order chi connectivity index (χ0) is 21.3. The molecule has 30 heavy (non-hydrogen) atoms. The van der Waals surface area contributed by atoms with Crippen molar-refractivity contribution in [3.63, 3.8) is 0 Å². The van der Waals surface area contributed by atoms with Crippen molar-refractivity contribution in [3.05, 3.63) is 53.6 Å². The van der Waals surface area contributed by atoms with Gasteiger partial charge in [0, 0.05) is 10.8 Å². The summed E-state index contributed by atoms with van der Waals surface area (Å²) in [4.78, 5) is 20.2. The Hall–Kier alpha value is -2.80. The van der Waals surface area contributed by atoms with Gasteiger partial charge in [0.15, 0.2) is 5.16 Å². The Labute approximate surface area is 181 Å². The second kappa shape index (κ2) is 10.8. The molecule has 2 N–H and O–H groups in total. The Morgan fingerprint density at radius 2 is 2.03 bits per heavy atom. The quantitative estimate of drug-likeness (QED) is 0.198. The van der Waals surface area contributed by atoms with Gasteiger partial charge in [-0.05, 0) is 54.4 Å². The topological polar surface area (TPSA) is 79.4 Å². The molecule has 0 aliphatic rings. The fourth-order valence-electron chi connectivity index (χ4n) is 2.83. The average molecular weight is 425 g/mol. The van der Waals surface area contributed by atoms with Gasteiger partial charge in [-0.2, -0.15) is 5.10 Å². The number of amides is 1. The number of H-pyrrole nitrogens is 1. The molecule has 0 bridgehead atoms. The number of aromatic amines is 1. The number of hydrogen-bond donors (Lipinski definition) is 2. The van der Waals surface area contributed by atoms with Crippen molar-refractivity contribution in [1.29, 1.82) is 0 Å². The molecule has 0 fully saturated rings. The van der Waals surface area contributed by atoms with E-state index in [0.717, 1.165) is 40.5 Å². The molecular weight excluding hydrogens is 396 g/mol. The van der Waals surface area contributed by atoms with Crippen LogP contribution in [-0.2, 0) is 0 Å². The van der Waals surface area contributed by atoms with E-state index in [1.165, 1.54) is 12.8 Å². The predicted molar refractivity (Wildman–Crippen MR) is 124 cm³/mol. The normalized spacial score (nSPS) is 11.5. The number of hydrogen-bond acceptors (Lipinski definition) is 5. The van der Waals surface area contributed by atoms with Gasteiger partial charge in [0.2, 0.25) is 0 Å². The summed E-state index contributed by atoms with van der Waals surface area (Å²) in [5.74, 6) is 0.576. The summed E-state index contributed by atoms with van der Waals surface area (Å²) in [6.07, 6.45) is 5.03. The molecule has 3 rings (SSSR count). The van der Waals surface area contributed by atoms with Gasteiger partial charge < -0.3 is 9.72 Å². The molecule has 1 aromatic heterocycles. The highest BCUT2D eigenvalue weighted by Gasteiger charge is 2.09. The number of ether oxygens (including phenoxy) is 1. The van der Waals surface area contributed by atoms with Gasteiger partial charge >= 0.3 is 0 Å². The van der Waals surface area contributed by atoms with Crippen LogP contribution in [0.5, 0.6) is 5.75 Å². The van der Waals surface area contributed by atoms with E-state index in [1.54, 1.807) is 30.1 Å². The molecule has 7 heteroatoms. The first kappa shape index (κ1) is 21.9. The van der Waals surface area contributed by atoms with Gasteiger partial charge in [0.1, 0.15) is 5.75 Å². The third-order valence-electron chi connectivity index (χ3n) is 4.35. The fourth-order valence-corrected chi connectivity index (χ4v) is 3.60. The highest BCUT2D eigenvalue weighted by Crippen LogP contribution is 2.23. The third-order valence-corrected chi connectivity index (χ3v) is 5.23. The Morgan fingerprint density at radius 3 is 2.77 bits per heavy atom. The number of nitrogens with one attached hydrogen (secondary N) is 2. The van der Waals surface area contributed by atoms with Crippen molar-refractivity contribution >= 4 is 34.9 Å². The molecule has 0 saturated heterocycles. The molecule has 158 valence electrons. The highest BCUT2D eigenvalue weighted by molar-refractivity contribution is 7.99. The Bertz CT molecular complexity index is 996. The molecule has 3 aromatic rings. The number of carbonyl (C=O) groups is 1. The minimum absolute atomic E-state index is 0.267. The van der Waals surface area contributed by atoms with Gasteiger partial charge in [-0.15, -0.1) is 0 Å². The van der Waals surface area contributed by atoms with E-state index in [1.807, 2.05) is 30.3 Å². The van der Waals surface area contributed by atoms with Crippen molar-refractivity contribution in [2.24, 2.45) is 5.10 Å². The average Bonchev–Trinajstić information content (AvgIpc) is 3.12. The minimum Gasteiger partial charge on any atom is -0.494 e. The SMILES string of the molecule is CCCCCOc1ccc(/C=N\NC(=O)c2ccc3nc(SC(C)C)[nH]c3c2)cc1. The molecule has 1 heterocycles. The molecule has 0 spiro atoms. The number of rotatable bonds is 10. The lowest BCUT2D eigenvalue weighted by molar-refractivity contribution is 0.0955. The summed E-state index contributed by atoms with van der Waals surface area (Å²) in [5.41, 5.74) is 5.67. The van der Waals surface area contributed by atoms with Crippen LogP contribution in [0.1, 0.15) is 56.0 Å². The molecule has 0 aliphatic heterocycles. The number of benzene rings is 2. The van der Waals surface area contributed by atoms with Crippen molar-refractivity contribution in [3.8, 4) is 5.75 Å². The monoisotopic (exact) mass is 424 g/mol. The smallest absolute Gasteiger partial charge is 0.271 e. The van der Waals surface area contributed by atoms with E-state index in [-0.39, 0.29) is 5.91 Å². The largest absolute Gasteiger partial charge is 0.494 e. The molecule has 0 atom stereocenters. The maximum absolute atomic E-state index is 12.4. The van der Waals surface area contributed by atoms with E-state index in [4.69, 9.17) is 4.74 Å². The van der Waals surface area contributed by atoms with Crippen LogP contribution in [0.2, 0.25) is 0 Å². The summed E-state index contributed by atoms with van der Waals surface area (Å²) >= 11 is 1.66. The number of hydrazone groups is 1. The number of fused-ring (bicyclic) bond motifs is 1. The van der Waals surface area contributed by atoms with E-state index < -0.39 is 0 Å². The van der Waals surface area contributed by atoms with Gasteiger partial charge in [-0.3, -0.25) is 4.79 Å². The molecule has 6 nitrogen and oxygen atoms in total. The Balaban J connectivity index is 1.55. The predicted octanol–water partition coefficient (Wildman–Crippen LogP) is 5.40.